The van der Waals surface area contributed by atoms with Crippen LogP contribution in [-0.4, -0.2) is 9.24 Å². The number of para-hydroxylation sites is 1. The van der Waals surface area contributed by atoms with Crippen LogP contribution in [0.4, 0.5) is 11.4 Å². The molecule has 0 amide bonds. The highest BCUT2D eigenvalue weighted by Crippen LogP contribution is 2.29. The maximum atomic E-state index is 10.8. The van der Waals surface area contributed by atoms with Crippen molar-refractivity contribution in [3.8, 4) is 0 Å². The number of nitrogens with zero attached hydrogens (tertiary/aromatic N) is 1. The van der Waals surface area contributed by atoms with Gasteiger partial charge in [0.05, 0.1) is 10.5 Å². The van der Waals surface area contributed by atoms with Crippen LogP contribution in [-0.2, 0) is 0 Å². The fraction of sp³-hybridized carbons (Fsp3) is 0. The van der Waals surface area contributed by atoms with Crippen LogP contribution in [0.25, 0.3) is 6.08 Å². The first-order chi connectivity index (χ1) is 7.06. The van der Waals surface area contributed by atoms with Crippen LogP contribution in [0.5, 0.6) is 0 Å². The molecule has 0 aromatic heterocycles. The van der Waals surface area contributed by atoms with Crippen LogP contribution in [0.15, 0.2) is 24.8 Å². The van der Waals surface area contributed by atoms with Crippen LogP contribution < -0.4 is 5.32 Å². The molecule has 1 N–H and O–H groups in total. The summed E-state index contributed by atoms with van der Waals surface area (Å²) in [4.78, 5) is 10.4. The average Bonchev–Trinajstić information content (AvgIpc) is 2.15. The van der Waals surface area contributed by atoms with Crippen LogP contribution in [0.1, 0.15) is 5.56 Å². The minimum absolute atomic E-state index is 0.0519. The van der Waals surface area contributed by atoms with E-state index in [1.165, 1.54) is 6.08 Å². The first-order valence-electron chi connectivity index (χ1n) is 3.96. The van der Waals surface area contributed by atoms with Gasteiger partial charge in [-0.3, -0.25) is 10.1 Å². The minimum Gasteiger partial charge on any atom is -0.336 e. The molecule has 0 heterocycles. The number of nitro benzene ring substituents is 1. The van der Waals surface area contributed by atoms with Crippen molar-refractivity contribution >= 4 is 46.6 Å². The second-order valence-electron chi connectivity index (χ2n) is 2.63. The predicted molar refractivity (Wildman–Crippen MR) is 68.4 cm³/mol. The monoisotopic (exact) mass is 240 g/mol. The van der Waals surface area contributed by atoms with Gasteiger partial charge < -0.3 is 5.32 Å². The number of thiol groups is 1. The van der Waals surface area contributed by atoms with E-state index < -0.39 is 4.92 Å². The molecule has 15 heavy (non-hydrogen) atoms. The Labute approximate surface area is 97.6 Å². The highest BCUT2D eigenvalue weighted by Gasteiger charge is 2.17. The highest BCUT2D eigenvalue weighted by molar-refractivity contribution is 8.11. The summed E-state index contributed by atoms with van der Waals surface area (Å²) in [5.41, 5.74) is 0.705. The molecule has 0 aliphatic rings. The number of anilines is 1. The molecule has 1 aromatic carbocycles. The molecule has 6 heteroatoms. The lowest BCUT2D eigenvalue weighted by atomic mass is 10.1. The van der Waals surface area contributed by atoms with Crippen LogP contribution in [0.3, 0.4) is 0 Å². The van der Waals surface area contributed by atoms with Crippen LogP contribution in [0, 0.1) is 10.1 Å². The lowest BCUT2D eigenvalue weighted by Crippen LogP contribution is -2.05. The smallest absolute Gasteiger partial charge is 0.299 e. The fourth-order valence-corrected chi connectivity index (χ4v) is 1.38. The molecule has 78 valence electrons. The largest absolute Gasteiger partial charge is 0.336 e. The van der Waals surface area contributed by atoms with Crippen molar-refractivity contribution in [2.75, 3.05) is 5.32 Å². The second-order valence-corrected chi connectivity index (χ2v) is 3.79. The number of nitrogens with one attached hydrogen (secondary N) is 1. The van der Waals surface area contributed by atoms with E-state index in [1.54, 1.807) is 18.2 Å². The van der Waals surface area contributed by atoms with Gasteiger partial charge in [0.15, 0.2) is 0 Å². The Bertz CT molecular complexity index is 432. The van der Waals surface area contributed by atoms with Gasteiger partial charge in [0.1, 0.15) is 10.0 Å². The number of nitro groups is 1. The third-order valence-electron chi connectivity index (χ3n) is 1.71. The summed E-state index contributed by atoms with van der Waals surface area (Å²) < 4.78 is 0.180. The summed E-state index contributed by atoms with van der Waals surface area (Å²) in [6, 6.07) is 4.85. The van der Waals surface area contributed by atoms with Gasteiger partial charge in [-0.25, -0.2) is 0 Å². The van der Waals surface area contributed by atoms with Crippen molar-refractivity contribution in [3.05, 3.63) is 40.5 Å². The lowest BCUT2D eigenvalue weighted by Gasteiger charge is -2.05. The van der Waals surface area contributed by atoms with Crippen LogP contribution in [0.2, 0.25) is 0 Å². The third-order valence-corrected chi connectivity index (χ3v) is 1.93. The number of benzene rings is 1. The average molecular weight is 240 g/mol. The Kier molecular flexibility index (Phi) is 3.81. The van der Waals surface area contributed by atoms with Gasteiger partial charge >= 0.3 is 0 Å². The van der Waals surface area contributed by atoms with E-state index in [2.05, 4.69) is 24.5 Å². The molecule has 1 aromatic rings. The topological polar surface area (TPSA) is 55.2 Å². The minimum atomic E-state index is -0.481. The highest BCUT2D eigenvalue weighted by atomic mass is 32.1. The van der Waals surface area contributed by atoms with E-state index in [0.29, 0.717) is 11.3 Å². The third kappa shape index (κ3) is 2.77. The van der Waals surface area contributed by atoms with E-state index in [-0.39, 0.29) is 10.0 Å². The van der Waals surface area contributed by atoms with Gasteiger partial charge in [0, 0.05) is 0 Å². The standard InChI is InChI=1S/C9H8N2O2S2/c1-2-6-4-3-5-7(10-9(14)15)8(6)11(12)13/h2-5H,1H2,(H2,10,14,15). The van der Waals surface area contributed by atoms with E-state index in [9.17, 15) is 10.1 Å². The van der Waals surface area contributed by atoms with Crippen molar-refractivity contribution in [1.29, 1.82) is 0 Å². The van der Waals surface area contributed by atoms with Crippen LogP contribution >= 0.6 is 24.8 Å². The Morgan fingerprint density at radius 3 is 2.80 bits per heavy atom. The molecule has 0 aliphatic heterocycles. The Morgan fingerprint density at radius 2 is 2.33 bits per heavy atom. The molecule has 0 radical (unpaired) electrons. The molecule has 0 bridgehead atoms. The zero-order valence-electron chi connectivity index (χ0n) is 7.64. The van der Waals surface area contributed by atoms with Gasteiger partial charge in [-0.15, -0.1) is 12.6 Å². The quantitative estimate of drug-likeness (QED) is 0.369. The summed E-state index contributed by atoms with van der Waals surface area (Å²) in [5.74, 6) is 0. The molecular weight excluding hydrogens is 232 g/mol. The van der Waals surface area contributed by atoms with Gasteiger partial charge in [0.2, 0.25) is 0 Å². The summed E-state index contributed by atoms with van der Waals surface area (Å²) in [7, 11) is 0. The number of thiocarbonyl (C=S) groups is 1. The first kappa shape index (κ1) is 11.7. The lowest BCUT2D eigenvalue weighted by molar-refractivity contribution is -0.384. The molecular formula is C9H8N2O2S2. The Morgan fingerprint density at radius 1 is 1.67 bits per heavy atom. The Balaban J connectivity index is 3.31. The van der Waals surface area contributed by atoms with Crippen molar-refractivity contribution in [2.45, 2.75) is 0 Å². The van der Waals surface area contributed by atoms with Crippen molar-refractivity contribution in [2.24, 2.45) is 0 Å². The molecule has 1 rings (SSSR count). The van der Waals surface area contributed by atoms with E-state index in [4.69, 9.17) is 12.2 Å². The summed E-state index contributed by atoms with van der Waals surface area (Å²) >= 11 is 8.57. The maximum absolute atomic E-state index is 10.8. The zero-order chi connectivity index (χ0) is 11.4. The van der Waals surface area contributed by atoms with Crippen molar-refractivity contribution < 1.29 is 4.92 Å². The number of hydrogen-bond acceptors (Lipinski definition) is 3. The zero-order valence-corrected chi connectivity index (χ0v) is 9.35. The van der Waals surface area contributed by atoms with Gasteiger partial charge in [-0.1, -0.05) is 30.9 Å². The number of hydrogen-bond donors (Lipinski definition) is 2. The normalized spacial score (nSPS) is 9.40. The predicted octanol–water partition coefficient (Wildman–Crippen LogP) is 2.86. The maximum Gasteiger partial charge on any atom is 0.299 e. The molecule has 0 fully saturated rings. The second kappa shape index (κ2) is 4.90. The summed E-state index contributed by atoms with van der Waals surface area (Å²) in [5, 5.41) is 13.5. The molecule has 0 spiro atoms. The number of rotatable bonds is 3. The van der Waals surface area contributed by atoms with E-state index in [0.717, 1.165) is 0 Å². The van der Waals surface area contributed by atoms with E-state index in [1.807, 2.05) is 0 Å². The molecule has 0 saturated heterocycles. The molecule has 4 nitrogen and oxygen atoms in total. The molecule has 0 unspecified atom stereocenters. The fourth-order valence-electron chi connectivity index (χ4n) is 1.15. The van der Waals surface area contributed by atoms with Gasteiger partial charge in [-0.05, 0) is 12.1 Å². The SMILES string of the molecule is C=Cc1cccc(NC(=S)S)c1[N+](=O)[O-]. The summed E-state index contributed by atoms with van der Waals surface area (Å²) in [6.45, 7) is 3.51. The van der Waals surface area contributed by atoms with Gasteiger partial charge in [0.25, 0.3) is 5.69 Å². The van der Waals surface area contributed by atoms with Crippen molar-refractivity contribution in [3.63, 3.8) is 0 Å². The first-order valence-corrected chi connectivity index (χ1v) is 4.81. The molecule has 0 atom stereocenters. The van der Waals surface area contributed by atoms with Gasteiger partial charge in [-0.2, -0.15) is 0 Å². The molecule has 0 aliphatic carbocycles. The molecule has 0 saturated carbocycles. The van der Waals surface area contributed by atoms with Crippen molar-refractivity contribution in [1.82, 2.24) is 0 Å². The summed E-state index contributed by atoms with van der Waals surface area (Å²) in [6.07, 6.45) is 1.42. The Hall–Kier alpha value is -1.40. The van der Waals surface area contributed by atoms with E-state index >= 15 is 0 Å².